The van der Waals surface area contributed by atoms with Crippen LogP contribution in [-0.4, -0.2) is 248 Å². The summed E-state index contributed by atoms with van der Waals surface area (Å²) in [5, 5.41) is -13.0. The Hall–Kier alpha value is -7.20. The molecule has 0 aromatic carbocycles. The van der Waals surface area contributed by atoms with Gasteiger partial charge in [-0.25, -0.2) is 99.6 Å². The third-order valence-corrected chi connectivity index (χ3v) is 30.2. The molecule has 0 radical (unpaired) electrons. The topological polar surface area (TPSA) is 670 Å². The molecule has 14 N–H and O–H groups in total. The van der Waals surface area contributed by atoms with Crippen molar-refractivity contribution in [2.75, 3.05) is 73.2 Å². The van der Waals surface area contributed by atoms with Gasteiger partial charge in [-0.3, -0.25) is 90.7 Å². The molecular formula is C65H82Cl5F5N27O25P5. The average molecular weight is 2070 g/mol. The summed E-state index contributed by atoms with van der Waals surface area (Å²) in [6.07, 6.45) is -10.6. The van der Waals surface area contributed by atoms with E-state index in [-0.39, 0.29) is 130 Å². The fourth-order valence-electron chi connectivity index (χ4n) is 14.8. The highest BCUT2D eigenvalue weighted by Crippen LogP contribution is 2.67. The van der Waals surface area contributed by atoms with Crippen LogP contribution in [-0.2, 0) is 114 Å². The van der Waals surface area contributed by atoms with Gasteiger partial charge < -0.3 is 63.8 Å². The molecule has 20 heterocycles. The summed E-state index contributed by atoms with van der Waals surface area (Å²) in [4.78, 5) is 59.6. The second kappa shape index (κ2) is 36.3. The van der Waals surface area contributed by atoms with Crippen LogP contribution in [0, 0.1) is 0 Å². The number of phosphoric ester groups is 5. The van der Waals surface area contributed by atoms with Crippen molar-refractivity contribution in [2.45, 2.75) is 218 Å². The predicted octanol–water partition coefficient (Wildman–Crippen LogP) is 9.96. The highest BCUT2D eigenvalue weighted by molar-refractivity contribution is 7.49. The molecule has 52 nitrogen and oxygen atoms in total. The normalized spacial score (nSPS) is 37.0. The third kappa shape index (κ3) is 18.7. The van der Waals surface area contributed by atoms with Crippen LogP contribution < -0.4 is 40.1 Å². The van der Waals surface area contributed by atoms with E-state index in [0.29, 0.717) is 0 Å². The monoisotopic (exact) mass is 2070 g/mol. The van der Waals surface area contributed by atoms with Crippen molar-refractivity contribution in [3.8, 4) is 0 Å². The number of halogens is 10. The van der Waals surface area contributed by atoms with Gasteiger partial charge in [-0.15, -0.1) is 0 Å². The largest absolute Gasteiger partial charge is 0.475 e. The van der Waals surface area contributed by atoms with E-state index in [1.807, 2.05) is 0 Å². The second-order valence-corrected chi connectivity index (χ2v) is 42.2. The van der Waals surface area contributed by atoms with Gasteiger partial charge in [0.1, 0.15) is 77.1 Å². The fourth-order valence-corrected chi connectivity index (χ4v) is 24.7. The molecule has 0 aliphatic carbocycles. The Morgan fingerprint density at radius 1 is 0.311 bits per heavy atom. The van der Waals surface area contributed by atoms with E-state index < -0.39 is 187 Å². The zero-order valence-electron chi connectivity index (χ0n) is 69.9. The molecule has 10 aromatic rings. The van der Waals surface area contributed by atoms with Crippen LogP contribution in [0.3, 0.4) is 0 Å². The average Bonchev–Trinajstić information content (AvgIpc) is 1.60. The van der Waals surface area contributed by atoms with E-state index in [2.05, 4.69) is 74.8 Å². The van der Waals surface area contributed by atoms with Gasteiger partial charge in [-0.05, 0) is 69.2 Å². The van der Waals surface area contributed by atoms with Crippen LogP contribution >= 0.6 is 97.1 Å². The number of phosphoric acid groups is 5. The minimum Gasteiger partial charge on any atom is -0.382 e. The Morgan fingerprint density at radius 3 is 0.697 bits per heavy atom. The molecule has 10 aliphatic rings. The molecule has 132 heavy (non-hydrogen) atoms. The maximum Gasteiger partial charge on any atom is 0.475 e. The van der Waals surface area contributed by atoms with E-state index in [4.69, 9.17) is 190 Å². The number of rotatable bonds is 15. The summed E-state index contributed by atoms with van der Waals surface area (Å²) in [6.45, 7) is 15.4. The van der Waals surface area contributed by atoms with Crippen molar-refractivity contribution in [2.24, 2.45) is 0 Å². The van der Waals surface area contributed by atoms with Crippen LogP contribution in [0.25, 0.3) is 55.8 Å². The molecule has 2 unspecified atom stereocenters. The summed E-state index contributed by atoms with van der Waals surface area (Å²) < 4.78 is 253. The summed E-state index contributed by atoms with van der Waals surface area (Å²) in [6, 6.07) is 0. The van der Waals surface area contributed by atoms with E-state index in [1.165, 1.54) is 73.5 Å². The number of nitrogens with zero attached hydrogens (tertiary/aromatic N) is 20. The van der Waals surface area contributed by atoms with Crippen molar-refractivity contribution in [1.29, 1.82) is 0 Å². The minimum atomic E-state index is -3.98. The minimum absolute atomic E-state index is 0.0279. The van der Waals surface area contributed by atoms with Crippen molar-refractivity contribution in [1.82, 2.24) is 97.6 Å². The number of aromatic nitrogens is 20. The summed E-state index contributed by atoms with van der Waals surface area (Å²) in [5.74, 6) is 0.226. The van der Waals surface area contributed by atoms with Gasteiger partial charge in [0.25, 0.3) is 25.6 Å². The van der Waals surface area contributed by atoms with E-state index in [0.717, 1.165) is 0 Å². The van der Waals surface area contributed by atoms with Gasteiger partial charge in [-0.1, -0.05) is 58.0 Å². The summed E-state index contributed by atoms with van der Waals surface area (Å²) >= 11 is 30.7. The highest BCUT2D eigenvalue weighted by atomic mass is 35.5. The quantitative estimate of drug-likeness (QED) is 0.0285. The number of alkyl halides is 10. The first-order valence-corrected chi connectivity index (χ1v) is 48.6. The highest BCUT2D eigenvalue weighted by Gasteiger charge is 2.69. The number of hydrogen-bond donors (Lipinski definition) is 7. The Kier molecular flexibility index (Phi) is 26.9. The molecule has 67 heteroatoms. The molecule has 25 atom stereocenters. The van der Waals surface area contributed by atoms with E-state index in [9.17, 15) is 22.8 Å². The molecule has 10 fully saturated rings. The van der Waals surface area contributed by atoms with Crippen LogP contribution in [0.5, 0.6) is 0 Å². The van der Waals surface area contributed by atoms with Crippen molar-refractivity contribution < 1.29 is 136 Å². The third-order valence-electron chi connectivity index (χ3n) is 20.0. The Labute approximate surface area is 765 Å². The molecule has 10 aromatic heterocycles. The van der Waals surface area contributed by atoms with Gasteiger partial charge in [0.2, 0.25) is 11.9 Å². The standard InChI is InChI=1S/2C13H17ClFN6O5P.3C13H16ClFN5O5P/c2*1-5(2)25-27(22)23-3-6-8(26-27)13(14,15)11(24-6)21-4-18-7-9(16)19-12(17)20-10(7)21;3*1-6(2)24-26(21)22-3-7-9(25-26)13(14,15)12(23-7)20-5-19-8-10(16)17-4-18-11(8)20/h2*4-6,8,11H,3H2,1-2H3,(H4,16,17,19,20);3*4-7,9,12H,3H2,1-2H3,(H2,16,17,18)/t6-,8-,11-,13-,27?;6-,8-,11-,13-,27-;7-,9-,12-,13-,26?;7-,9-,12-,13-,26+;7-,9-,12-,13-,26-/m11111/s1. The number of nitrogens with two attached hydrogens (primary N) is 7. The van der Waals surface area contributed by atoms with E-state index in [1.54, 1.807) is 69.2 Å². The van der Waals surface area contributed by atoms with Gasteiger partial charge >= 0.3 is 39.1 Å². The molecule has 20 rings (SSSR count). The molecule has 10 aliphatic heterocycles. The lowest BCUT2D eigenvalue weighted by Gasteiger charge is -2.33. The van der Waals surface area contributed by atoms with Crippen LogP contribution in [0.1, 0.15) is 100 Å². The Morgan fingerprint density at radius 2 is 0.500 bits per heavy atom. The number of ether oxygens (including phenoxy) is 5. The second-order valence-electron chi connectivity index (χ2n) is 31.5. The van der Waals surface area contributed by atoms with Gasteiger partial charge in [0.15, 0.2) is 119 Å². The van der Waals surface area contributed by atoms with Crippen LogP contribution in [0.15, 0.2) is 50.6 Å². The van der Waals surface area contributed by atoms with Crippen molar-refractivity contribution in [3.63, 3.8) is 0 Å². The van der Waals surface area contributed by atoms with Crippen LogP contribution in [0.2, 0.25) is 0 Å². The van der Waals surface area contributed by atoms with E-state index >= 15 is 22.0 Å². The zero-order chi connectivity index (χ0) is 95.2. The maximum atomic E-state index is 15.5. The number of nitrogen functional groups attached to an aromatic ring is 7. The molecule has 0 amide bonds. The number of hydrogen-bond acceptors (Lipinski definition) is 47. The SMILES string of the molecule is CC(C)OP1(=O)OC[C@H]2O[C@@H](n3cnc4c(N)nc(N)nc43)[C@@](F)(Cl)[C@@H]2O1.CC(C)OP1(=O)OC[C@H]2O[C@@H](n3cnc4c(N)ncnc43)[C@@](F)(Cl)[C@@H]2O1.CC(C)O[P@@]1(=O)OC[C@H]2O[C@@H](n3cnc4c(N)nc(N)nc43)[C@@](F)(Cl)[C@@H]2O1.CC(C)O[P@@]1(=O)OC[C@H]2O[C@@H](n3cnc4c(N)ncnc43)[C@@](F)(Cl)[C@@H]2O1.CC(C)O[P@]1(=O)OC[C@H]2O[C@@H](n3cnc4c(N)ncnc43)[C@@](F)(Cl)[C@@H]2O1. The molecule has 0 bridgehead atoms. The lowest BCUT2D eigenvalue weighted by molar-refractivity contribution is -0.0734. The number of fused-ring (bicyclic) bond motifs is 10. The number of anilines is 7. The lowest BCUT2D eigenvalue weighted by Crippen LogP contribution is -2.43. The Balaban J connectivity index is 0.000000120. The molecule has 10 saturated heterocycles. The molecule has 722 valence electrons. The first-order chi connectivity index (χ1) is 61.8. The Bertz CT molecular complexity index is 5770. The molecular weight excluding hydrogens is 1990 g/mol. The van der Waals surface area contributed by atoms with Crippen molar-refractivity contribution in [3.05, 3.63) is 50.6 Å². The van der Waals surface area contributed by atoms with Crippen LogP contribution in [0.4, 0.5) is 62.9 Å². The molecule has 0 spiro atoms. The smallest absolute Gasteiger partial charge is 0.382 e. The van der Waals surface area contributed by atoms with Gasteiger partial charge in [-0.2, -0.15) is 19.9 Å². The molecule has 0 saturated carbocycles. The summed E-state index contributed by atoms with van der Waals surface area (Å²) in [5.41, 5.74) is 42.2. The number of imidazole rings is 5. The maximum absolute atomic E-state index is 15.5. The lowest BCUT2D eigenvalue weighted by atomic mass is 10.1. The fraction of sp³-hybridized carbons (Fsp3) is 0.615. The van der Waals surface area contributed by atoms with Gasteiger partial charge in [0, 0.05) is 0 Å². The predicted molar refractivity (Wildman–Crippen MR) is 449 cm³/mol. The summed E-state index contributed by atoms with van der Waals surface area (Å²) in [7, 11) is -19.8. The van der Waals surface area contributed by atoms with Crippen molar-refractivity contribution >= 4 is 194 Å². The first kappa shape index (κ1) is 97.9. The zero-order valence-corrected chi connectivity index (χ0v) is 78.2. The van der Waals surface area contributed by atoms with Gasteiger partial charge in [0.05, 0.1) is 95.2 Å². The first-order valence-electron chi connectivity index (χ1n) is 39.4.